The Morgan fingerprint density at radius 3 is 2.25 bits per heavy atom. The van der Waals surface area contributed by atoms with Crippen molar-refractivity contribution in [1.29, 1.82) is 0 Å². The van der Waals surface area contributed by atoms with E-state index in [-0.39, 0.29) is 0 Å². The van der Waals surface area contributed by atoms with Crippen molar-refractivity contribution in [2.24, 2.45) is 0 Å². The third-order valence-electron chi connectivity index (χ3n) is 3.25. The first-order valence-corrected chi connectivity index (χ1v) is 5.73. The third kappa shape index (κ3) is 1.90. The predicted octanol–water partition coefficient (Wildman–Crippen LogP) is 2.54. The van der Waals surface area contributed by atoms with Gasteiger partial charge in [0.1, 0.15) is 7.85 Å². The van der Waals surface area contributed by atoms with Crippen LogP contribution in [-0.4, -0.2) is 7.85 Å². The average Bonchev–Trinajstić information content (AvgIpc) is 2.24. The van der Waals surface area contributed by atoms with E-state index in [4.69, 9.17) is 0 Å². The molecule has 0 heterocycles. The Labute approximate surface area is 98.7 Å². The largest absolute Gasteiger partial charge is 0.140 e. The van der Waals surface area contributed by atoms with E-state index in [1.54, 1.807) is 0 Å². The molecule has 0 aliphatic rings. The van der Waals surface area contributed by atoms with Gasteiger partial charge in [-0.25, -0.2) is 0 Å². The summed E-state index contributed by atoms with van der Waals surface area (Å²) in [6, 6.07) is 13.1. The Hall–Kier alpha value is -1.50. The van der Waals surface area contributed by atoms with Crippen LogP contribution in [0.2, 0.25) is 0 Å². The van der Waals surface area contributed by atoms with Crippen LogP contribution in [0.4, 0.5) is 0 Å². The first-order chi connectivity index (χ1) is 7.59. The molecule has 0 amide bonds. The van der Waals surface area contributed by atoms with Gasteiger partial charge in [0.15, 0.2) is 0 Å². The van der Waals surface area contributed by atoms with Crippen molar-refractivity contribution in [3.63, 3.8) is 0 Å². The first-order valence-electron chi connectivity index (χ1n) is 5.73. The fourth-order valence-corrected chi connectivity index (χ4v) is 2.19. The van der Waals surface area contributed by atoms with E-state index in [1.807, 2.05) is 0 Å². The number of hydrogen-bond acceptors (Lipinski definition) is 0. The topological polar surface area (TPSA) is 0 Å². The van der Waals surface area contributed by atoms with Crippen molar-refractivity contribution in [3.8, 4) is 11.1 Å². The van der Waals surface area contributed by atoms with Crippen molar-refractivity contribution in [2.75, 3.05) is 0 Å². The zero-order valence-electron chi connectivity index (χ0n) is 10.5. The lowest BCUT2D eigenvalue weighted by Crippen LogP contribution is -2.06. The quantitative estimate of drug-likeness (QED) is 0.631. The van der Waals surface area contributed by atoms with Gasteiger partial charge in [0.05, 0.1) is 0 Å². The van der Waals surface area contributed by atoms with Crippen LogP contribution in [0.1, 0.15) is 16.7 Å². The SMILES string of the molecule is Bc1ccccc1-c1cc(C)cc(C)c1C. The second-order valence-corrected chi connectivity index (χ2v) is 4.57. The van der Waals surface area contributed by atoms with E-state index < -0.39 is 0 Å². The zero-order chi connectivity index (χ0) is 11.7. The van der Waals surface area contributed by atoms with E-state index in [1.165, 1.54) is 33.3 Å². The van der Waals surface area contributed by atoms with E-state index in [9.17, 15) is 0 Å². The highest BCUT2D eigenvalue weighted by Crippen LogP contribution is 2.25. The minimum atomic E-state index is 1.33. The molecule has 0 aromatic heterocycles. The van der Waals surface area contributed by atoms with Crippen LogP contribution in [0.15, 0.2) is 36.4 Å². The molecule has 0 radical (unpaired) electrons. The lowest BCUT2D eigenvalue weighted by molar-refractivity contribution is 1.30. The van der Waals surface area contributed by atoms with E-state index in [2.05, 4.69) is 65.0 Å². The van der Waals surface area contributed by atoms with Gasteiger partial charge in [0, 0.05) is 0 Å². The lowest BCUT2D eigenvalue weighted by atomic mass is 9.84. The highest BCUT2D eigenvalue weighted by Gasteiger charge is 2.06. The maximum atomic E-state index is 2.28. The van der Waals surface area contributed by atoms with E-state index >= 15 is 0 Å². The standard InChI is InChI=1S/C15H17B/c1-10-8-11(2)12(3)14(9-10)13-6-4-5-7-15(13)16/h4-9H,16H2,1-3H3. The van der Waals surface area contributed by atoms with Crippen molar-refractivity contribution in [2.45, 2.75) is 20.8 Å². The smallest absolute Gasteiger partial charge is 0.0813 e. The second kappa shape index (κ2) is 4.17. The van der Waals surface area contributed by atoms with Crippen LogP contribution in [0, 0.1) is 20.8 Å². The number of benzene rings is 2. The van der Waals surface area contributed by atoms with Crippen LogP contribution in [0.3, 0.4) is 0 Å². The van der Waals surface area contributed by atoms with Crippen LogP contribution in [-0.2, 0) is 0 Å². The minimum absolute atomic E-state index is 1.33. The summed E-state index contributed by atoms with van der Waals surface area (Å²) in [4.78, 5) is 0. The third-order valence-corrected chi connectivity index (χ3v) is 3.25. The van der Waals surface area contributed by atoms with Crippen molar-refractivity contribution < 1.29 is 0 Å². The molecule has 2 rings (SSSR count). The van der Waals surface area contributed by atoms with Crippen molar-refractivity contribution >= 4 is 13.3 Å². The van der Waals surface area contributed by atoms with Crippen LogP contribution in [0.5, 0.6) is 0 Å². The number of aryl methyl sites for hydroxylation is 2. The first kappa shape index (κ1) is 11.0. The maximum absolute atomic E-state index is 2.28. The minimum Gasteiger partial charge on any atom is -0.0813 e. The maximum Gasteiger partial charge on any atom is 0.140 e. The number of hydrogen-bond donors (Lipinski definition) is 0. The molecular formula is C15H17B. The Balaban J connectivity index is 2.69. The monoisotopic (exact) mass is 208 g/mol. The molecule has 0 N–H and O–H groups in total. The molecule has 2 aromatic carbocycles. The molecule has 0 fully saturated rings. The summed E-state index contributed by atoms with van der Waals surface area (Å²) >= 11 is 0. The molecule has 1 heteroatoms. The van der Waals surface area contributed by atoms with Gasteiger partial charge in [-0.2, -0.15) is 0 Å². The van der Waals surface area contributed by atoms with Crippen molar-refractivity contribution in [1.82, 2.24) is 0 Å². The normalized spacial score (nSPS) is 10.4. The molecule has 80 valence electrons. The summed E-state index contributed by atoms with van der Waals surface area (Å²) in [5.74, 6) is 0. The van der Waals surface area contributed by atoms with Gasteiger partial charge >= 0.3 is 0 Å². The summed E-state index contributed by atoms with van der Waals surface area (Å²) in [6.07, 6.45) is 0. The molecule has 0 saturated heterocycles. The van der Waals surface area contributed by atoms with Gasteiger partial charge in [-0.15, -0.1) is 0 Å². The Morgan fingerprint density at radius 2 is 1.56 bits per heavy atom. The molecule has 16 heavy (non-hydrogen) atoms. The summed E-state index contributed by atoms with van der Waals surface area (Å²) in [7, 11) is 2.17. The molecule has 0 aliphatic heterocycles. The van der Waals surface area contributed by atoms with Crippen molar-refractivity contribution in [3.05, 3.63) is 53.1 Å². The molecule has 0 spiro atoms. The van der Waals surface area contributed by atoms with Gasteiger partial charge in [-0.05, 0) is 43.0 Å². The predicted molar refractivity (Wildman–Crippen MR) is 74.3 cm³/mol. The highest BCUT2D eigenvalue weighted by atomic mass is 14.1. The molecule has 0 aliphatic carbocycles. The fraction of sp³-hybridized carbons (Fsp3) is 0.200. The van der Waals surface area contributed by atoms with Crippen LogP contribution >= 0.6 is 0 Å². The average molecular weight is 208 g/mol. The Kier molecular flexibility index (Phi) is 2.87. The zero-order valence-corrected chi connectivity index (χ0v) is 10.5. The molecule has 0 atom stereocenters. The van der Waals surface area contributed by atoms with Gasteiger partial charge in [0.2, 0.25) is 0 Å². The van der Waals surface area contributed by atoms with Crippen LogP contribution < -0.4 is 5.46 Å². The van der Waals surface area contributed by atoms with Gasteiger partial charge < -0.3 is 0 Å². The molecule has 0 bridgehead atoms. The molecule has 2 aromatic rings. The molecule has 0 nitrogen and oxygen atoms in total. The van der Waals surface area contributed by atoms with Gasteiger partial charge in [0.25, 0.3) is 0 Å². The molecular weight excluding hydrogens is 191 g/mol. The van der Waals surface area contributed by atoms with Crippen LogP contribution in [0.25, 0.3) is 11.1 Å². The van der Waals surface area contributed by atoms with E-state index in [0.29, 0.717) is 0 Å². The number of rotatable bonds is 1. The molecule has 0 unspecified atom stereocenters. The summed E-state index contributed by atoms with van der Waals surface area (Å²) in [5, 5.41) is 0. The summed E-state index contributed by atoms with van der Waals surface area (Å²) in [6.45, 7) is 6.55. The Bertz CT molecular complexity index is 527. The van der Waals surface area contributed by atoms with Gasteiger partial charge in [-0.1, -0.05) is 47.4 Å². The van der Waals surface area contributed by atoms with E-state index in [0.717, 1.165) is 0 Å². The Morgan fingerprint density at radius 1 is 0.875 bits per heavy atom. The highest BCUT2D eigenvalue weighted by molar-refractivity contribution is 6.36. The summed E-state index contributed by atoms with van der Waals surface area (Å²) < 4.78 is 0. The second-order valence-electron chi connectivity index (χ2n) is 4.57. The fourth-order valence-electron chi connectivity index (χ4n) is 2.19. The van der Waals surface area contributed by atoms with Gasteiger partial charge in [-0.3, -0.25) is 0 Å². The summed E-state index contributed by atoms with van der Waals surface area (Å²) in [5.41, 5.74) is 8.16. The lowest BCUT2D eigenvalue weighted by Gasteiger charge is -2.13. The molecule has 0 saturated carbocycles.